The fourth-order valence-electron chi connectivity index (χ4n) is 2.53. The molecule has 1 N–H and O–H groups in total. The van der Waals surface area contributed by atoms with E-state index in [2.05, 4.69) is 26.1 Å². The van der Waals surface area contributed by atoms with Crippen molar-refractivity contribution in [2.24, 2.45) is 5.92 Å². The summed E-state index contributed by atoms with van der Waals surface area (Å²) >= 11 is 0. The lowest BCUT2D eigenvalue weighted by Crippen LogP contribution is -2.47. The maximum atomic E-state index is 5.85. The molecular formula is C11H22ClNO2. The van der Waals surface area contributed by atoms with Gasteiger partial charge in [0, 0.05) is 18.8 Å². The molecule has 0 amide bonds. The molecular weight excluding hydrogens is 214 g/mol. The maximum Gasteiger partial charge on any atom is 0.117 e. The van der Waals surface area contributed by atoms with E-state index in [4.69, 9.17) is 9.47 Å². The fraction of sp³-hybridized carbons (Fsp3) is 1.00. The molecule has 2 aliphatic rings. The summed E-state index contributed by atoms with van der Waals surface area (Å²) < 4.78 is 11.2. The van der Waals surface area contributed by atoms with E-state index in [1.54, 1.807) is 0 Å². The molecule has 0 aliphatic carbocycles. The smallest absolute Gasteiger partial charge is 0.117 e. The van der Waals surface area contributed by atoms with Gasteiger partial charge in [-0.2, -0.15) is 0 Å². The summed E-state index contributed by atoms with van der Waals surface area (Å²) in [6.07, 6.45) is 2.25. The van der Waals surface area contributed by atoms with Crippen LogP contribution >= 0.6 is 12.4 Å². The van der Waals surface area contributed by atoms with E-state index in [1.165, 1.54) is 6.42 Å². The van der Waals surface area contributed by atoms with Crippen molar-refractivity contribution < 1.29 is 9.47 Å². The first-order valence-electron chi connectivity index (χ1n) is 5.50. The molecule has 0 aromatic carbocycles. The molecule has 2 unspecified atom stereocenters. The van der Waals surface area contributed by atoms with Gasteiger partial charge in [0.25, 0.3) is 0 Å². The van der Waals surface area contributed by atoms with Crippen molar-refractivity contribution in [3.8, 4) is 0 Å². The van der Waals surface area contributed by atoms with E-state index < -0.39 is 0 Å². The van der Waals surface area contributed by atoms with Gasteiger partial charge in [0.1, 0.15) is 5.72 Å². The number of rotatable bonds is 2. The molecule has 2 aliphatic heterocycles. The van der Waals surface area contributed by atoms with Crippen molar-refractivity contribution in [2.75, 3.05) is 19.8 Å². The average molecular weight is 236 g/mol. The molecule has 0 bridgehead atoms. The predicted octanol–water partition coefficient (Wildman–Crippen LogP) is 1.95. The molecule has 2 heterocycles. The molecule has 3 nitrogen and oxygen atoms in total. The summed E-state index contributed by atoms with van der Waals surface area (Å²) in [5.74, 6) is 0.668. The van der Waals surface area contributed by atoms with Gasteiger partial charge < -0.3 is 9.47 Å². The molecule has 0 spiro atoms. The van der Waals surface area contributed by atoms with Gasteiger partial charge in [-0.25, -0.2) is 0 Å². The molecule has 0 saturated carbocycles. The minimum Gasteiger partial charge on any atom is -0.381 e. The monoisotopic (exact) mass is 235 g/mol. The molecule has 15 heavy (non-hydrogen) atoms. The third kappa shape index (κ3) is 3.31. The minimum atomic E-state index is -0.137. The van der Waals surface area contributed by atoms with Crippen molar-refractivity contribution >= 4 is 12.4 Å². The van der Waals surface area contributed by atoms with Crippen LogP contribution in [0, 0.1) is 5.92 Å². The van der Waals surface area contributed by atoms with Crippen LogP contribution in [-0.4, -0.2) is 31.1 Å². The van der Waals surface area contributed by atoms with E-state index in [9.17, 15) is 0 Å². The van der Waals surface area contributed by atoms with Gasteiger partial charge in [-0.3, -0.25) is 5.32 Å². The van der Waals surface area contributed by atoms with Crippen LogP contribution in [0.4, 0.5) is 0 Å². The van der Waals surface area contributed by atoms with Gasteiger partial charge in [0.2, 0.25) is 0 Å². The van der Waals surface area contributed by atoms with E-state index in [-0.39, 0.29) is 23.7 Å². The third-order valence-corrected chi connectivity index (χ3v) is 3.06. The van der Waals surface area contributed by atoms with Crippen LogP contribution < -0.4 is 5.32 Å². The topological polar surface area (TPSA) is 30.5 Å². The Morgan fingerprint density at radius 3 is 2.53 bits per heavy atom. The first-order chi connectivity index (χ1) is 6.49. The Kier molecular flexibility index (Phi) is 4.04. The molecule has 2 atom stereocenters. The molecule has 2 rings (SSSR count). The van der Waals surface area contributed by atoms with Crippen molar-refractivity contribution in [3.63, 3.8) is 0 Å². The summed E-state index contributed by atoms with van der Waals surface area (Å²) in [4.78, 5) is 0. The van der Waals surface area contributed by atoms with Crippen LogP contribution in [0.1, 0.15) is 33.6 Å². The third-order valence-electron chi connectivity index (χ3n) is 3.06. The highest BCUT2D eigenvalue weighted by Gasteiger charge is 2.41. The zero-order chi connectivity index (χ0) is 10.2. The van der Waals surface area contributed by atoms with Gasteiger partial charge in [-0.05, 0) is 39.5 Å². The number of halogens is 1. The number of nitrogens with one attached hydrogen (secondary N) is 1. The zero-order valence-corrected chi connectivity index (χ0v) is 10.7. The normalized spacial score (nSPS) is 39.0. The molecule has 0 aromatic rings. The number of hydrogen-bond acceptors (Lipinski definition) is 3. The largest absolute Gasteiger partial charge is 0.381 e. The highest BCUT2D eigenvalue weighted by molar-refractivity contribution is 5.85. The van der Waals surface area contributed by atoms with E-state index in [1.807, 2.05) is 0 Å². The predicted molar refractivity (Wildman–Crippen MR) is 62.4 cm³/mol. The summed E-state index contributed by atoms with van der Waals surface area (Å²) in [7, 11) is 0. The van der Waals surface area contributed by atoms with E-state index >= 15 is 0 Å². The highest BCUT2D eigenvalue weighted by atomic mass is 35.5. The average Bonchev–Trinajstić information content (AvgIpc) is 2.60. The van der Waals surface area contributed by atoms with Gasteiger partial charge in [-0.15, -0.1) is 12.4 Å². The van der Waals surface area contributed by atoms with Crippen LogP contribution in [0.2, 0.25) is 0 Å². The Morgan fingerprint density at radius 2 is 2.07 bits per heavy atom. The number of ether oxygens (including phenoxy) is 2. The second kappa shape index (κ2) is 4.58. The lowest BCUT2D eigenvalue weighted by atomic mass is 9.96. The molecule has 2 fully saturated rings. The van der Waals surface area contributed by atoms with Gasteiger partial charge in [-0.1, -0.05) is 0 Å². The van der Waals surface area contributed by atoms with Crippen LogP contribution in [0.15, 0.2) is 0 Å². The lowest BCUT2D eigenvalue weighted by molar-refractivity contribution is -0.0145. The van der Waals surface area contributed by atoms with E-state index in [0.717, 1.165) is 26.2 Å². The maximum absolute atomic E-state index is 5.85. The molecule has 90 valence electrons. The number of hydrogen-bond donors (Lipinski definition) is 1. The highest BCUT2D eigenvalue weighted by Crippen LogP contribution is 2.31. The Bertz CT molecular complexity index is 217. The first-order valence-corrected chi connectivity index (χ1v) is 5.50. The van der Waals surface area contributed by atoms with Crippen LogP contribution in [0.25, 0.3) is 0 Å². The summed E-state index contributed by atoms with van der Waals surface area (Å²) in [5, 5.41) is 3.56. The lowest BCUT2D eigenvalue weighted by Gasteiger charge is -2.28. The molecule has 4 heteroatoms. The molecule has 2 saturated heterocycles. The Morgan fingerprint density at radius 1 is 1.33 bits per heavy atom. The Labute approximate surface area is 98.3 Å². The summed E-state index contributed by atoms with van der Waals surface area (Å²) in [6.45, 7) is 9.15. The molecule has 0 radical (unpaired) electrons. The van der Waals surface area contributed by atoms with Gasteiger partial charge >= 0.3 is 0 Å². The van der Waals surface area contributed by atoms with Crippen molar-refractivity contribution in [2.45, 2.75) is 44.9 Å². The zero-order valence-electron chi connectivity index (χ0n) is 9.84. The Balaban J connectivity index is 0.00000112. The Hall–Kier alpha value is 0.170. The van der Waals surface area contributed by atoms with Crippen molar-refractivity contribution in [1.29, 1.82) is 0 Å². The van der Waals surface area contributed by atoms with Crippen LogP contribution in [-0.2, 0) is 9.47 Å². The summed E-state index contributed by atoms with van der Waals surface area (Å²) in [6, 6.07) is 0. The van der Waals surface area contributed by atoms with Crippen molar-refractivity contribution in [1.82, 2.24) is 5.32 Å². The quantitative estimate of drug-likeness (QED) is 0.794. The van der Waals surface area contributed by atoms with Crippen LogP contribution in [0.3, 0.4) is 0 Å². The van der Waals surface area contributed by atoms with Crippen LogP contribution in [0.5, 0.6) is 0 Å². The summed E-state index contributed by atoms with van der Waals surface area (Å²) in [5.41, 5.74) is -0.0178. The van der Waals surface area contributed by atoms with Gasteiger partial charge in [0.05, 0.1) is 6.61 Å². The van der Waals surface area contributed by atoms with Crippen molar-refractivity contribution in [3.05, 3.63) is 0 Å². The second-order valence-electron chi connectivity index (χ2n) is 5.46. The standard InChI is InChI=1S/C11H21NO2.ClH/c1-10(2)8-14-11(3,12-10)6-9-4-5-13-7-9;/h9,12H,4-8H2,1-3H3;1H. The van der Waals surface area contributed by atoms with E-state index in [0.29, 0.717) is 5.92 Å². The minimum absolute atomic E-state index is 0. The molecule has 0 aromatic heterocycles. The fourth-order valence-corrected chi connectivity index (χ4v) is 2.53. The SMILES string of the molecule is CC1(C)COC(C)(CC2CCOC2)N1.Cl. The van der Waals surface area contributed by atoms with Gasteiger partial charge in [0.15, 0.2) is 0 Å². The first kappa shape index (κ1) is 13.2. The second-order valence-corrected chi connectivity index (χ2v) is 5.46.